The number of amides is 2. The highest BCUT2D eigenvalue weighted by Crippen LogP contribution is 2.41. The molecule has 1 aliphatic heterocycles. The number of H-pyrrole nitrogens is 1. The van der Waals surface area contributed by atoms with E-state index < -0.39 is 0 Å². The topological polar surface area (TPSA) is 96.1 Å². The zero-order chi connectivity index (χ0) is 19.7. The van der Waals surface area contributed by atoms with Gasteiger partial charge in [-0.15, -0.1) is 0 Å². The Bertz CT molecular complexity index is 1040. The van der Waals surface area contributed by atoms with Crippen LogP contribution < -0.4 is 15.4 Å². The van der Waals surface area contributed by atoms with Crippen molar-refractivity contribution in [2.75, 3.05) is 19.0 Å². The Labute approximate surface area is 162 Å². The molecule has 28 heavy (non-hydrogen) atoms. The van der Waals surface area contributed by atoms with Gasteiger partial charge in [0.25, 0.3) is 11.8 Å². The molecule has 0 fully saturated rings. The number of aryl methyl sites for hydroxylation is 1. The zero-order valence-electron chi connectivity index (χ0n) is 15.6. The van der Waals surface area contributed by atoms with Crippen LogP contribution in [-0.2, 0) is 0 Å². The Balaban J connectivity index is 1.77. The maximum atomic E-state index is 12.8. The Morgan fingerprint density at radius 3 is 2.64 bits per heavy atom. The van der Waals surface area contributed by atoms with Gasteiger partial charge >= 0.3 is 0 Å². The second-order valence-electron chi connectivity index (χ2n) is 6.66. The number of benzene rings is 2. The second-order valence-corrected chi connectivity index (χ2v) is 6.66. The molecule has 3 N–H and O–H groups in total. The lowest BCUT2D eigenvalue weighted by molar-refractivity contribution is 0.0960. The van der Waals surface area contributed by atoms with Crippen molar-refractivity contribution >= 4 is 17.5 Å². The van der Waals surface area contributed by atoms with Crippen molar-refractivity contribution in [2.45, 2.75) is 12.8 Å². The molecule has 1 atom stereocenters. The van der Waals surface area contributed by atoms with Crippen molar-refractivity contribution in [3.05, 3.63) is 76.6 Å². The SMILES string of the molecule is CNC(=O)c1cc(C(=O)Nc2cn[nH]c2C)cc2c1OC[C@@H]2c1ccccc1. The molecular formula is C21H20N4O3. The summed E-state index contributed by atoms with van der Waals surface area (Å²) in [6.07, 6.45) is 1.55. The van der Waals surface area contributed by atoms with Gasteiger partial charge in [0, 0.05) is 24.1 Å². The third-order valence-corrected chi connectivity index (χ3v) is 4.90. The Kier molecular flexibility index (Phi) is 4.57. The molecule has 0 spiro atoms. The molecule has 0 saturated carbocycles. The van der Waals surface area contributed by atoms with Crippen molar-refractivity contribution in [2.24, 2.45) is 0 Å². The average molecular weight is 376 g/mol. The summed E-state index contributed by atoms with van der Waals surface area (Å²) in [4.78, 5) is 25.3. The number of nitrogens with one attached hydrogen (secondary N) is 3. The van der Waals surface area contributed by atoms with Crippen LogP contribution in [0.4, 0.5) is 5.69 Å². The van der Waals surface area contributed by atoms with Crippen molar-refractivity contribution in [1.29, 1.82) is 0 Å². The first kappa shape index (κ1) is 17.8. The van der Waals surface area contributed by atoms with Gasteiger partial charge in [-0.3, -0.25) is 14.7 Å². The van der Waals surface area contributed by atoms with E-state index in [2.05, 4.69) is 20.8 Å². The molecule has 2 heterocycles. The van der Waals surface area contributed by atoms with E-state index in [1.807, 2.05) is 37.3 Å². The van der Waals surface area contributed by atoms with Crippen LogP contribution in [0.5, 0.6) is 5.75 Å². The van der Waals surface area contributed by atoms with Crippen molar-refractivity contribution in [3.8, 4) is 5.75 Å². The fourth-order valence-electron chi connectivity index (χ4n) is 3.39. The standard InChI is InChI=1S/C21H20N4O3/c1-12-18(10-23-25-12)24-20(26)14-8-15-17(13-6-4-3-5-7-13)11-28-19(15)16(9-14)21(27)22-2/h3-10,17H,11H2,1-2H3,(H,22,27)(H,23,25)(H,24,26)/t17-/m1/s1. The minimum Gasteiger partial charge on any atom is -0.491 e. The van der Waals surface area contributed by atoms with Crippen LogP contribution in [0.1, 0.15) is 43.5 Å². The fraction of sp³-hybridized carbons (Fsp3) is 0.190. The molecule has 7 heteroatoms. The molecule has 142 valence electrons. The van der Waals surface area contributed by atoms with E-state index in [1.165, 1.54) is 0 Å². The molecule has 0 saturated heterocycles. The number of anilines is 1. The van der Waals surface area contributed by atoms with Crippen LogP contribution in [0.15, 0.2) is 48.7 Å². The average Bonchev–Trinajstić information content (AvgIpc) is 3.33. The van der Waals surface area contributed by atoms with E-state index in [4.69, 9.17) is 4.74 Å². The van der Waals surface area contributed by atoms with Crippen LogP contribution in [0, 0.1) is 6.92 Å². The Morgan fingerprint density at radius 1 is 1.18 bits per heavy atom. The van der Waals surface area contributed by atoms with E-state index in [-0.39, 0.29) is 17.7 Å². The van der Waals surface area contributed by atoms with Gasteiger partial charge in [0.05, 0.1) is 29.7 Å². The molecule has 1 aromatic heterocycles. The maximum Gasteiger partial charge on any atom is 0.255 e. The van der Waals surface area contributed by atoms with Crippen molar-refractivity contribution in [3.63, 3.8) is 0 Å². The van der Waals surface area contributed by atoms with E-state index in [1.54, 1.807) is 25.4 Å². The second kappa shape index (κ2) is 7.19. The van der Waals surface area contributed by atoms with Gasteiger partial charge in [-0.2, -0.15) is 5.10 Å². The Morgan fingerprint density at radius 2 is 1.96 bits per heavy atom. The largest absolute Gasteiger partial charge is 0.491 e. The minimum atomic E-state index is -0.309. The molecule has 2 amide bonds. The number of carbonyl (C=O) groups excluding carboxylic acids is 2. The number of fused-ring (bicyclic) bond motifs is 1. The summed E-state index contributed by atoms with van der Waals surface area (Å²) in [5.74, 6) is -0.109. The quantitative estimate of drug-likeness (QED) is 0.652. The molecule has 3 aromatic rings. The van der Waals surface area contributed by atoms with Gasteiger partial charge in [0.15, 0.2) is 0 Å². The highest BCUT2D eigenvalue weighted by molar-refractivity contribution is 6.07. The van der Waals surface area contributed by atoms with Gasteiger partial charge in [-0.25, -0.2) is 0 Å². The van der Waals surface area contributed by atoms with Gasteiger partial charge in [0.2, 0.25) is 0 Å². The van der Waals surface area contributed by atoms with Gasteiger partial charge in [-0.05, 0) is 24.6 Å². The fourth-order valence-corrected chi connectivity index (χ4v) is 3.39. The van der Waals surface area contributed by atoms with Crippen molar-refractivity contribution < 1.29 is 14.3 Å². The predicted octanol–water partition coefficient (Wildman–Crippen LogP) is 2.85. The van der Waals surface area contributed by atoms with E-state index in [9.17, 15) is 9.59 Å². The summed E-state index contributed by atoms with van der Waals surface area (Å²) < 4.78 is 5.87. The first-order valence-electron chi connectivity index (χ1n) is 8.97. The summed E-state index contributed by atoms with van der Waals surface area (Å²) in [6.45, 7) is 2.25. The third kappa shape index (κ3) is 3.11. The predicted molar refractivity (Wildman–Crippen MR) is 105 cm³/mol. The highest BCUT2D eigenvalue weighted by Gasteiger charge is 2.31. The van der Waals surface area contributed by atoms with E-state index in [0.29, 0.717) is 29.2 Å². The molecule has 0 unspecified atom stereocenters. The molecule has 0 aliphatic carbocycles. The van der Waals surface area contributed by atoms with Crippen LogP contribution in [0.2, 0.25) is 0 Å². The number of hydrogen-bond donors (Lipinski definition) is 3. The summed E-state index contributed by atoms with van der Waals surface area (Å²) in [5, 5.41) is 12.2. The molecule has 1 aliphatic rings. The van der Waals surface area contributed by atoms with E-state index >= 15 is 0 Å². The molecule has 0 radical (unpaired) electrons. The number of hydrogen-bond acceptors (Lipinski definition) is 4. The van der Waals surface area contributed by atoms with Gasteiger partial charge in [-0.1, -0.05) is 30.3 Å². The lowest BCUT2D eigenvalue weighted by Gasteiger charge is -2.13. The van der Waals surface area contributed by atoms with Gasteiger partial charge in [0.1, 0.15) is 5.75 Å². The zero-order valence-corrected chi connectivity index (χ0v) is 15.6. The summed E-state index contributed by atoms with van der Waals surface area (Å²) in [5.41, 5.74) is 4.01. The highest BCUT2D eigenvalue weighted by atomic mass is 16.5. The van der Waals surface area contributed by atoms with Gasteiger partial charge < -0.3 is 15.4 Å². The summed E-state index contributed by atoms with van der Waals surface area (Å²) >= 11 is 0. The van der Waals surface area contributed by atoms with Crippen molar-refractivity contribution in [1.82, 2.24) is 15.5 Å². The molecule has 7 nitrogen and oxygen atoms in total. The van der Waals surface area contributed by atoms with Crippen LogP contribution in [-0.4, -0.2) is 35.7 Å². The summed E-state index contributed by atoms with van der Waals surface area (Å²) in [6, 6.07) is 13.3. The van der Waals surface area contributed by atoms with Crippen LogP contribution in [0.3, 0.4) is 0 Å². The molecular weight excluding hydrogens is 356 g/mol. The first-order chi connectivity index (χ1) is 13.6. The van der Waals surface area contributed by atoms with Crippen LogP contribution in [0.25, 0.3) is 0 Å². The Hall–Kier alpha value is -3.61. The lowest BCUT2D eigenvalue weighted by atomic mass is 9.90. The van der Waals surface area contributed by atoms with E-state index in [0.717, 1.165) is 16.8 Å². The number of ether oxygens (including phenoxy) is 1. The lowest BCUT2D eigenvalue weighted by Crippen LogP contribution is -2.20. The number of aromatic amines is 1. The first-order valence-corrected chi connectivity index (χ1v) is 8.97. The number of rotatable bonds is 4. The third-order valence-electron chi connectivity index (χ3n) is 4.90. The van der Waals surface area contributed by atoms with Crippen LogP contribution >= 0.6 is 0 Å². The number of aromatic nitrogens is 2. The normalized spacial score (nSPS) is 14.9. The summed E-state index contributed by atoms with van der Waals surface area (Å²) in [7, 11) is 1.56. The monoisotopic (exact) mass is 376 g/mol. The number of nitrogens with zero attached hydrogens (tertiary/aromatic N) is 1. The molecule has 2 aromatic carbocycles. The smallest absolute Gasteiger partial charge is 0.255 e. The minimum absolute atomic E-state index is 0.0389. The molecule has 4 rings (SSSR count). The maximum absolute atomic E-state index is 12.8. The number of carbonyl (C=O) groups is 2. The molecule has 0 bridgehead atoms.